The van der Waals surface area contributed by atoms with Gasteiger partial charge < -0.3 is 15.4 Å². The monoisotopic (exact) mass is 257 g/mol. The van der Waals surface area contributed by atoms with Crippen LogP contribution < -0.4 is 15.4 Å². The SMILES string of the molecule is CN(C(=O)COc1ccc(N)cc1)c1cccnc1. The number of carbonyl (C=O) groups excluding carboxylic acids is 1. The van der Waals surface area contributed by atoms with Crippen LogP contribution in [0.2, 0.25) is 0 Å². The Hall–Kier alpha value is -2.56. The highest BCUT2D eigenvalue weighted by Gasteiger charge is 2.11. The molecule has 2 N–H and O–H groups in total. The molecule has 1 aromatic carbocycles. The molecule has 1 heterocycles. The molecule has 98 valence electrons. The van der Waals surface area contributed by atoms with Gasteiger partial charge in [-0.2, -0.15) is 0 Å². The first-order chi connectivity index (χ1) is 9.16. The smallest absolute Gasteiger partial charge is 0.264 e. The third-order valence-corrected chi connectivity index (χ3v) is 2.65. The van der Waals surface area contributed by atoms with Gasteiger partial charge in [-0.3, -0.25) is 9.78 Å². The lowest BCUT2D eigenvalue weighted by molar-refractivity contribution is -0.120. The average molecular weight is 257 g/mol. The number of pyridine rings is 1. The largest absolute Gasteiger partial charge is 0.484 e. The van der Waals surface area contributed by atoms with Crippen molar-refractivity contribution in [2.24, 2.45) is 0 Å². The summed E-state index contributed by atoms with van der Waals surface area (Å²) in [5.41, 5.74) is 6.96. The summed E-state index contributed by atoms with van der Waals surface area (Å²) >= 11 is 0. The lowest BCUT2D eigenvalue weighted by Gasteiger charge is -2.17. The number of nitrogens with zero attached hydrogens (tertiary/aromatic N) is 2. The summed E-state index contributed by atoms with van der Waals surface area (Å²) in [4.78, 5) is 17.4. The van der Waals surface area contributed by atoms with Crippen LogP contribution >= 0.6 is 0 Å². The van der Waals surface area contributed by atoms with Crippen LogP contribution in [0.1, 0.15) is 0 Å². The van der Waals surface area contributed by atoms with E-state index >= 15 is 0 Å². The van der Waals surface area contributed by atoms with E-state index in [0.29, 0.717) is 11.4 Å². The standard InChI is InChI=1S/C14H15N3O2/c1-17(12-3-2-8-16-9-12)14(18)10-19-13-6-4-11(15)5-7-13/h2-9H,10,15H2,1H3. The minimum absolute atomic E-state index is 0.0324. The summed E-state index contributed by atoms with van der Waals surface area (Å²) in [7, 11) is 1.69. The third-order valence-electron chi connectivity index (χ3n) is 2.65. The quantitative estimate of drug-likeness (QED) is 0.846. The van der Waals surface area contributed by atoms with E-state index in [0.717, 1.165) is 5.69 Å². The zero-order chi connectivity index (χ0) is 13.7. The van der Waals surface area contributed by atoms with E-state index in [2.05, 4.69) is 4.98 Å². The summed E-state index contributed by atoms with van der Waals surface area (Å²) in [6.45, 7) is -0.0324. The zero-order valence-electron chi connectivity index (χ0n) is 10.6. The summed E-state index contributed by atoms with van der Waals surface area (Å²) in [5.74, 6) is 0.465. The second kappa shape index (κ2) is 5.86. The van der Waals surface area contributed by atoms with Crippen molar-refractivity contribution in [2.75, 3.05) is 24.3 Å². The molecule has 0 bridgehead atoms. The van der Waals surface area contributed by atoms with Crippen molar-refractivity contribution < 1.29 is 9.53 Å². The second-order valence-corrected chi connectivity index (χ2v) is 4.02. The molecule has 0 saturated carbocycles. The molecule has 0 atom stereocenters. The third kappa shape index (κ3) is 3.45. The van der Waals surface area contributed by atoms with Crippen LogP contribution in [-0.2, 0) is 4.79 Å². The molecule has 0 saturated heterocycles. The fourth-order valence-electron chi connectivity index (χ4n) is 1.50. The Bertz CT molecular complexity index is 540. The highest BCUT2D eigenvalue weighted by Crippen LogP contribution is 2.14. The molecule has 5 nitrogen and oxygen atoms in total. The van der Waals surface area contributed by atoms with Crippen molar-refractivity contribution in [1.82, 2.24) is 4.98 Å². The second-order valence-electron chi connectivity index (χ2n) is 4.02. The highest BCUT2D eigenvalue weighted by atomic mass is 16.5. The van der Waals surface area contributed by atoms with Gasteiger partial charge in [-0.25, -0.2) is 0 Å². The van der Waals surface area contributed by atoms with E-state index in [4.69, 9.17) is 10.5 Å². The van der Waals surface area contributed by atoms with Gasteiger partial charge in [0.2, 0.25) is 0 Å². The van der Waals surface area contributed by atoms with Crippen molar-refractivity contribution in [3.05, 3.63) is 48.8 Å². The summed E-state index contributed by atoms with van der Waals surface area (Å²) in [5, 5.41) is 0. The number of amides is 1. The average Bonchev–Trinajstić information content (AvgIpc) is 2.46. The van der Waals surface area contributed by atoms with Gasteiger partial charge in [0.15, 0.2) is 6.61 Å². The van der Waals surface area contributed by atoms with E-state index in [9.17, 15) is 4.79 Å². The number of nitrogens with two attached hydrogens (primary N) is 1. The maximum Gasteiger partial charge on any atom is 0.264 e. The number of likely N-dealkylation sites (N-methyl/N-ethyl adjacent to an activating group) is 1. The number of hydrogen-bond acceptors (Lipinski definition) is 4. The van der Waals surface area contributed by atoms with Gasteiger partial charge in [0.05, 0.1) is 11.9 Å². The van der Waals surface area contributed by atoms with Crippen LogP contribution in [0, 0.1) is 0 Å². The predicted molar refractivity (Wildman–Crippen MR) is 74.0 cm³/mol. The Balaban J connectivity index is 1.93. The molecule has 1 aromatic heterocycles. The molecule has 0 aliphatic heterocycles. The van der Waals surface area contributed by atoms with Crippen LogP contribution in [0.15, 0.2) is 48.8 Å². The number of nitrogen functional groups attached to an aromatic ring is 1. The Morgan fingerprint density at radius 3 is 2.68 bits per heavy atom. The Morgan fingerprint density at radius 1 is 1.32 bits per heavy atom. The molecule has 0 fully saturated rings. The van der Waals surface area contributed by atoms with Gasteiger partial charge in [-0.15, -0.1) is 0 Å². The minimum Gasteiger partial charge on any atom is -0.484 e. The van der Waals surface area contributed by atoms with Gasteiger partial charge in [0.25, 0.3) is 5.91 Å². The molecule has 2 rings (SSSR count). The predicted octanol–water partition coefficient (Wildman–Crippen LogP) is 1.71. The van der Waals surface area contributed by atoms with E-state index in [-0.39, 0.29) is 12.5 Å². The Morgan fingerprint density at radius 2 is 2.05 bits per heavy atom. The van der Waals surface area contributed by atoms with Gasteiger partial charge in [0.1, 0.15) is 5.75 Å². The molecule has 0 aliphatic rings. The summed E-state index contributed by atoms with van der Waals surface area (Å²) < 4.78 is 5.40. The molecule has 0 aliphatic carbocycles. The van der Waals surface area contributed by atoms with Crippen LogP contribution in [0.4, 0.5) is 11.4 Å². The van der Waals surface area contributed by atoms with Crippen LogP contribution in [0.3, 0.4) is 0 Å². The maximum atomic E-state index is 11.9. The van der Waals surface area contributed by atoms with Crippen LogP contribution in [-0.4, -0.2) is 24.5 Å². The van der Waals surface area contributed by atoms with Gasteiger partial charge in [0, 0.05) is 18.9 Å². The number of aromatic nitrogens is 1. The molecular formula is C14H15N3O2. The van der Waals surface area contributed by atoms with Gasteiger partial charge >= 0.3 is 0 Å². The molecule has 0 radical (unpaired) electrons. The van der Waals surface area contributed by atoms with E-state index < -0.39 is 0 Å². The highest BCUT2D eigenvalue weighted by molar-refractivity contribution is 5.93. The normalized spacial score (nSPS) is 9.95. The lowest BCUT2D eigenvalue weighted by Crippen LogP contribution is -2.31. The van der Waals surface area contributed by atoms with Gasteiger partial charge in [-0.1, -0.05) is 0 Å². The molecule has 0 spiro atoms. The number of anilines is 2. The first-order valence-electron chi connectivity index (χ1n) is 5.82. The maximum absolute atomic E-state index is 11.9. The Kier molecular flexibility index (Phi) is 3.97. The fourth-order valence-corrected chi connectivity index (χ4v) is 1.50. The first-order valence-corrected chi connectivity index (χ1v) is 5.82. The number of carbonyl (C=O) groups is 1. The van der Waals surface area contributed by atoms with Crippen molar-refractivity contribution in [2.45, 2.75) is 0 Å². The molecule has 2 aromatic rings. The van der Waals surface area contributed by atoms with Gasteiger partial charge in [-0.05, 0) is 36.4 Å². The van der Waals surface area contributed by atoms with Crippen molar-refractivity contribution in [1.29, 1.82) is 0 Å². The van der Waals surface area contributed by atoms with Crippen molar-refractivity contribution >= 4 is 17.3 Å². The van der Waals surface area contributed by atoms with Crippen LogP contribution in [0.25, 0.3) is 0 Å². The van der Waals surface area contributed by atoms with E-state index in [1.165, 1.54) is 4.90 Å². The lowest BCUT2D eigenvalue weighted by atomic mass is 10.3. The molecule has 5 heteroatoms. The number of hydrogen-bond donors (Lipinski definition) is 1. The number of rotatable bonds is 4. The summed E-state index contributed by atoms with van der Waals surface area (Å²) in [6.07, 6.45) is 3.29. The minimum atomic E-state index is -0.148. The number of ether oxygens (including phenoxy) is 1. The van der Waals surface area contributed by atoms with E-state index in [1.54, 1.807) is 49.8 Å². The molecule has 1 amide bonds. The Labute approximate surface area is 111 Å². The zero-order valence-corrected chi connectivity index (χ0v) is 10.6. The topological polar surface area (TPSA) is 68.5 Å². The molecule has 0 unspecified atom stereocenters. The number of benzene rings is 1. The first kappa shape index (κ1) is 12.9. The fraction of sp³-hybridized carbons (Fsp3) is 0.143. The summed E-state index contributed by atoms with van der Waals surface area (Å²) in [6, 6.07) is 10.5. The molecular weight excluding hydrogens is 242 g/mol. The van der Waals surface area contributed by atoms with Crippen LogP contribution in [0.5, 0.6) is 5.75 Å². The van der Waals surface area contributed by atoms with Crippen molar-refractivity contribution in [3.8, 4) is 5.75 Å². The molecule has 19 heavy (non-hydrogen) atoms. The van der Waals surface area contributed by atoms with E-state index in [1.807, 2.05) is 6.07 Å². The van der Waals surface area contributed by atoms with Crippen molar-refractivity contribution in [3.63, 3.8) is 0 Å².